The molecule has 3 nitrogen and oxygen atoms in total. The summed E-state index contributed by atoms with van der Waals surface area (Å²) in [5.74, 6) is 3.00. The van der Waals surface area contributed by atoms with E-state index in [1.807, 2.05) is 30.3 Å². The Balaban J connectivity index is 1.06. The van der Waals surface area contributed by atoms with Gasteiger partial charge in [-0.2, -0.15) is 0 Å². The van der Waals surface area contributed by atoms with E-state index in [1.165, 1.54) is 11.1 Å². The first-order chi connectivity index (χ1) is 24.3. The molecular weight excluding hydrogens is 599 g/mol. The number of rotatable bonds is 6. The highest BCUT2D eigenvalue weighted by Gasteiger charge is 2.19. The van der Waals surface area contributed by atoms with Gasteiger partial charge < -0.3 is 14.4 Å². The van der Waals surface area contributed by atoms with Gasteiger partial charge in [-0.25, -0.2) is 0 Å². The number of para-hydroxylation sites is 1. The summed E-state index contributed by atoms with van der Waals surface area (Å²) in [4.78, 5) is 2.31. The number of ether oxygens (including phenoxy) is 2. The minimum Gasteiger partial charge on any atom is -0.453 e. The van der Waals surface area contributed by atoms with Crippen LogP contribution in [0.5, 0.6) is 23.0 Å². The maximum absolute atomic E-state index is 6.48. The summed E-state index contributed by atoms with van der Waals surface area (Å²) in [5, 5.41) is 2.08. The first kappa shape index (κ1) is 28.6. The number of fused-ring (bicyclic) bond motifs is 1. The van der Waals surface area contributed by atoms with Crippen LogP contribution in [0, 0.1) is 0 Å². The predicted octanol–water partition coefficient (Wildman–Crippen LogP) is 13.2. The highest BCUT2D eigenvalue weighted by atomic mass is 16.5. The predicted molar refractivity (Wildman–Crippen MR) is 202 cm³/mol. The molecule has 232 valence electrons. The second-order valence-corrected chi connectivity index (χ2v) is 12.2. The lowest BCUT2D eigenvalue weighted by molar-refractivity contribution is 0.439. The smallest absolute Gasteiger partial charge is 0.170 e. The first-order valence-electron chi connectivity index (χ1n) is 16.5. The molecule has 0 aromatic heterocycles. The van der Waals surface area contributed by atoms with Crippen LogP contribution in [0.25, 0.3) is 44.2 Å². The number of nitrogens with zero attached hydrogens (tertiary/aromatic N) is 1. The molecule has 9 rings (SSSR count). The highest BCUT2D eigenvalue weighted by Crippen LogP contribution is 2.47. The molecule has 0 spiro atoms. The largest absolute Gasteiger partial charge is 0.453 e. The van der Waals surface area contributed by atoms with Gasteiger partial charge in [0.1, 0.15) is 11.5 Å². The molecule has 8 aromatic carbocycles. The van der Waals surface area contributed by atoms with Crippen molar-refractivity contribution in [3.05, 3.63) is 188 Å². The van der Waals surface area contributed by atoms with E-state index in [-0.39, 0.29) is 0 Å². The summed E-state index contributed by atoms with van der Waals surface area (Å²) in [6.45, 7) is 0. The minimum absolute atomic E-state index is 0.699. The van der Waals surface area contributed by atoms with E-state index in [2.05, 4.69) is 163 Å². The second-order valence-electron chi connectivity index (χ2n) is 12.2. The van der Waals surface area contributed by atoms with Gasteiger partial charge in [-0.3, -0.25) is 0 Å². The van der Waals surface area contributed by atoms with Gasteiger partial charge in [0.2, 0.25) is 0 Å². The molecule has 0 fully saturated rings. The molecule has 49 heavy (non-hydrogen) atoms. The zero-order valence-electron chi connectivity index (χ0n) is 26.7. The van der Waals surface area contributed by atoms with Gasteiger partial charge in [-0.05, 0) is 105 Å². The van der Waals surface area contributed by atoms with Gasteiger partial charge in [0.15, 0.2) is 11.5 Å². The summed E-state index contributed by atoms with van der Waals surface area (Å²) in [6, 6.07) is 65.6. The Morgan fingerprint density at radius 3 is 1.49 bits per heavy atom. The third-order valence-electron chi connectivity index (χ3n) is 9.09. The number of anilines is 3. The Morgan fingerprint density at radius 1 is 0.286 bits per heavy atom. The SMILES string of the molecule is c1ccc(-c2ccc(N(c3ccccc3)c3cccc(-c4cccc(-c5ccc6c(c5)Oc5cccc7cccc(c57)O6)c4)c3)cc2)cc1. The minimum atomic E-state index is 0.699. The Morgan fingerprint density at radius 2 is 0.776 bits per heavy atom. The number of hydrogen-bond donors (Lipinski definition) is 0. The lowest BCUT2D eigenvalue weighted by Gasteiger charge is -2.26. The highest BCUT2D eigenvalue weighted by molar-refractivity contribution is 5.95. The molecule has 1 heterocycles. The van der Waals surface area contributed by atoms with Gasteiger partial charge in [0, 0.05) is 17.1 Å². The van der Waals surface area contributed by atoms with Crippen molar-refractivity contribution in [2.75, 3.05) is 4.90 Å². The third-order valence-corrected chi connectivity index (χ3v) is 9.09. The topological polar surface area (TPSA) is 21.7 Å². The van der Waals surface area contributed by atoms with Gasteiger partial charge >= 0.3 is 0 Å². The van der Waals surface area contributed by atoms with Crippen molar-refractivity contribution in [1.29, 1.82) is 0 Å². The van der Waals surface area contributed by atoms with Crippen LogP contribution in [0.4, 0.5) is 17.1 Å². The quantitative estimate of drug-likeness (QED) is 0.183. The Hall–Kier alpha value is -6.58. The summed E-state index contributed by atoms with van der Waals surface area (Å²) >= 11 is 0. The van der Waals surface area contributed by atoms with E-state index in [4.69, 9.17) is 9.47 Å². The maximum atomic E-state index is 6.48. The lowest BCUT2D eigenvalue weighted by Crippen LogP contribution is -2.09. The molecule has 8 aromatic rings. The Labute approximate surface area is 285 Å². The van der Waals surface area contributed by atoms with Crippen molar-refractivity contribution in [3.8, 4) is 56.4 Å². The Bertz CT molecular complexity index is 2430. The first-order valence-corrected chi connectivity index (χ1v) is 16.5. The van der Waals surface area contributed by atoms with Crippen molar-refractivity contribution in [1.82, 2.24) is 0 Å². The van der Waals surface area contributed by atoms with Crippen molar-refractivity contribution in [2.24, 2.45) is 0 Å². The fraction of sp³-hybridized carbons (Fsp3) is 0. The zero-order chi connectivity index (χ0) is 32.6. The molecule has 0 saturated heterocycles. The molecule has 0 radical (unpaired) electrons. The van der Waals surface area contributed by atoms with E-state index in [0.717, 1.165) is 61.6 Å². The van der Waals surface area contributed by atoms with Gasteiger partial charge in [-0.1, -0.05) is 121 Å². The lowest BCUT2D eigenvalue weighted by atomic mass is 9.98. The third kappa shape index (κ3) is 5.48. The summed E-state index contributed by atoms with van der Waals surface area (Å²) in [6.07, 6.45) is 0. The van der Waals surface area contributed by atoms with Crippen molar-refractivity contribution < 1.29 is 9.47 Å². The fourth-order valence-electron chi connectivity index (χ4n) is 6.69. The van der Waals surface area contributed by atoms with Crippen LogP contribution in [0.2, 0.25) is 0 Å². The summed E-state index contributed by atoms with van der Waals surface area (Å²) in [5.41, 5.74) is 10.1. The average molecular weight is 630 g/mol. The van der Waals surface area contributed by atoms with Crippen molar-refractivity contribution >= 4 is 27.8 Å². The number of hydrogen-bond acceptors (Lipinski definition) is 3. The monoisotopic (exact) mass is 629 g/mol. The van der Waals surface area contributed by atoms with Crippen LogP contribution in [-0.4, -0.2) is 0 Å². The van der Waals surface area contributed by atoms with Gasteiger partial charge in [-0.15, -0.1) is 0 Å². The molecule has 0 unspecified atom stereocenters. The maximum Gasteiger partial charge on any atom is 0.170 e. The van der Waals surface area contributed by atoms with Crippen LogP contribution in [0.3, 0.4) is 0 Å². The van der Waals surface area contributed by atoms with Crippen LogP contribution < -0.4 is 14.4 Å². The van der Waals surface area contributed by atoms with Crippen molar-refractivity contribution in [3.63, 3.8) is 0 Å². The van der Waals surface area contributed by atoms with Crippen LogP contribution in [0.1, 0.15) is 0 Å². The Kier molecular flexibility index (Phi) is 7.14. The molecule has 0 amide bonds. The van der Waals surface area contributed by atoms with Gasteiger partial charge in [0.05, 0.1) is 5.39 Å². The zero-order valence-corrected chi connectivity index (χ0v) is 26.7. The van der Waals surface area contributed by atoms with E-state index in [0.29, 0.717) is 11.5 Å². The summed E-state index contributed by atoms with van der Waals surface area (Å²) < 4.78 is 12.8. The molecule has 1 aliphatic heterocycles. The van der Waals surface area contributed by atoms with E-state index < -0.39 is 0 Å². The van der Waals surface area contributed by atoms with Gasteiger partial charge in [0.25, 0.3) is 0 Å². The molecule has 1 aliphatic rings. The van der Waals surface area contributed by atoms with Crippen LogP contribution >= 0.6 is 0 Å². The normalized spacial score (nSPS) is 11.6. The second kappa shape index (κ2) is 12.2. The summed E-state index contributed by atoms with van der Waals surface area (Å²) in [7, 11) is 0. The molecule has 0 aliphatic carbocycles. The van der Waals surface area contributed by atoms with Crippen molar-refractivity contribution in [2.45, 2.75) is 0 Å². The molecule has 0 N–H and O–H groups in total. The van der Waals surface area contributed by atoms with Crippen LogP contribution in [0.15, 0.2) is 188 Å². The number of benzene rings is 8. The fourth-order valence-corrected chi connectivity index (χ4v) is 6.69. The molecule has 3 heteroatoms. The molecule has 0 atom stereocenters. The molecule has 0 bridgehead atoms. The standard InChI is InChI=1S/C46H31NO2/c1-3-11-32(12-4-1)33-23-26-40(27-24-33)47(39-18-5-2-6-19-39)41-20-8-17-37(30-41)35-15-7-16-36(29-35)38-25-28-42-45(31-38)49-44-22-10-14-34-13-9-21-43(48-42)46(34)44/h1-31H. The van der Waals surface area contributed by atoms with E-state index >= 15 is 0 Å². The van der Waals surface area contributed by atoms with E-state index in [1.54, 1.807) is 0 Å². The van der Waals surface area contributed by atoms with E-state index in [9.17, 15) is 0 Å². The molecular formula is C46H31NO2. The molecule has 0 saturated carbocycles. The average Bonchev–Trinajstić information content (AvgIpc) is 3.33. The van der Waals surface area contributed by atoms with Crippen LogP contribution in [-0.2, 0) is 0 Å².